The summed E-state index contributed by atoms with van der Waals surface area (Å²) in [5.41, 5.74) is 8.92. The molecule has 3 heterocycles. The third kappa shape index (κ3) is 4.89. The lowest BCUT2D eigenvalue weighted by Crippen LogP contribution is -2.75. The Morgan fingerprint density at radius 2 is 0.900 bits per heavy atom. The van der Waals surface area contributed by atoms with Crippen LogP contribution in [0.15, 0.2) is 217 Å². The number of benzene rings is 9. The van der Waals surface area contributed by atoms with Crippen LogP contribution >= 0.6 is 0 Å². The normalized spacial score (nSPS) is 12.0. The zero-order valence-electron chi connectivity index (χ0n) is 32.5. The number of furan rings is 1. The van der Waals surface area contributed by atoms with Crippen LogP contribution in [0.5, 0.6) is 0 Å². The van der Waals surface area contributed by atoms with Crippen molar-refractivity contribution in [3.05, 3.63) is 218 Å². The predicted molar refractivity (Wildman–Crippen MR) is 251 cm³/mol. The van der Waals surface area contributed by atoms with Crippen molar-refractivity contribution in [3.8, 4) is 17.4 Å². The monoisotopic (exact) mass is 781 g/mol. The molecule has 0 saturated carbocycles. The fourth-order valence-corrected chi connectivity index (χ4v) is 14.9. The summed E-state index contributed by atoms with van der Waals surface area (Å²) in [6.07, 6.45) is 0. The molecule has 0 unspecified atom stereocenters. The molecule has 9 aromatic carbocycles. The van der Waals surface area contributed by atoms with Gasteiger partial charge in [-0.25, -0.2) is 0 Å². The Bertz CT molecular complexity index is 3590. The molecule has 5 heteroatoms. The van der Waals surface area contributed by atoms with E-state index in [0.717, 1.165) is 65.5 Å². The van der Waals surface area contributed by atoms with Crippen LogP contribution < -0.4 is 20.7 Å². The first-order valence-electron chi connectivity index (χ1n) is 20.3. The van der Waals surface area contributed by atoms with Crippen molar-refractivity contribution in [3.63, 3.8) is 0 Å². The lowest BCUT2D eigenvalue weighted by atomic mass is 10.1. The minimum absolute atomic E-state index is 0.607. The van der Waals surface area contributed by atoms with Crippen LogP contribution in [-0.4, -0.2) is 17.2 Å². The fraction of sp³-hybridized carbons (Fsp3) is 0. The fourth-order valence-electron chi connectivity index (χ4n) is 9.99. The number of hydrogen-bond acceptors (Lipinski definition) is 2. The zero-order valence-corrected chi connectivity index (χ0v) is 33.5. The Balaban J connectivity index is 1.16. The van der Waals surface area contributed by atoms with Gasteiger partial charge in [0.2, 0.25) is 0 Å². The SMILES string of the molecule is N#Cc1cc(-n2c3ccccc3c3cc(-n4c5ccccc5c5ccccc54)ccc32)cc([Si](c2ccccc2)(c2ccccc2)c2cccc3c2oc2ccccc23)c1. The summed E-state index contributed by atoms with van der Waals surface area (Å²) < 4.78 is 11.6. The molecule has 0 N–H and O–H groups in total. The Morgan fingerprint density at radius 3 is 1.53 bits per heavy atom. The van der Waals surface area contributed by atoms with Crippen molar-refractivity contribution >= 4 is 94.4 Å². The number of fused-ring (bicyclic) bond motifs is 9. The van der Waals surface area contributed by atoms with Gasteiger partial charge >= 0.3 is 0 Å². The minimum Gasteiger partial charge on any atom is -0.456 e. The maximum Gasteiger partial charge on any atom is 0.184 e. The van der Waals surface area contributed by atoms with Gasteiger partial charge in [-0.3, -0.25) is 0 Å². The molecule has 0 spiro atoms. The number of rotatable bonds is 6. The highest BCUT2D eigenvalue weighted by molar-refractivity contribution is 7.20. The van der Waals surface area contributed by atoms with E-state index in [1.807, 2.05) is 12.1 Å². The molecular weight excluding hydrogens is 747 g/mol. The number of aromatic nitrogens is 2. The van der Waals surface area contributed by atoms with Gasteiger partial charge in [-0.1, -0.05) is 152 Å². The van der Waals surface area contributed by atoms with Crippen LogP contribution in [0.2, 0.25) is 0 Å². The number of nitriles is 1. The van der Waals surface area contributed by atoms with E-state index in [1.165, 1.54) is 32.2 Å². The van der Waals surface area contributed by atoms with Gasteiger partial charge in [0.15, 0.2) is 8.07 Å². The molecule has 3 aromatic heterocycles. The molecular formula is C55H35N3OSi. The van der Waals surface area contributed by atoms with E-state index < -0.39 is 8.07 Å². The van der Waals surface area contributed by atoms with E-state index in [2.05, 4.69) is 215 Å². The molecule has 0 aliphatic carbocycles. The average molecular weight is 782 g/mol. The van der Waals surface area contributed by atoms with Crippen LogP contribution in [-0.2, 0) is 0 Å². The summed E-state index contributed by atoms with van der Waals surface area (Å²) in [5, 5.41) is 22.5. The Hall–Kier alpha value is -7.91. The summed E-state index contributed by atoms with van der Waals surface area (Å²) in [6, 6.07) is 78.5. The molecule has 0 atom stereocenters. The highest BCUT2D eigenvalue weighted by Crippen LogP contribution is 2.37. The second-order valence-electron chi connectivity index (χ2n) is 15.6. The first-order valence-corrected chi connectivity index (χ1v) is 22.3. The third-order valence-electron chi connectivity index (χ3n) is 12.5. The van der Waals surface area contributed by atoms with Crippen molar-refractivity contribution < 1.29 is 4.42 Å². The third-order valence-corrected chi connectivity index (χ3v) is 17.2. The van der Waals surface area contributed by atoms with Gasteiger partial charge in [-0.15, -0.1) is 0 Å². The van der Waals surface area contributed by atoms with E-state index in [1.54, 1.807) is 0 Å². The van der Waals surface area contributed by atoms with Gasteiger partial charge in [0.05, 0.1) is 33.7 Å². The van der Waals surface area contributed by atoms with E-state index in [9.17, 15) is 5.26 Å². The summed E-state index contributed by atoms with van der Waals surface area (Å²) in [5.74, 6) is 0. The molecule has 280 valence electrons. The maximum absolute atomic E-state index is 10.9. The number of hydrogen-bond donors (Lipinski definition) is 0. The van der Waals surface area contributed by atoms with Crippen LogP contribution in [0.4, 0.5) is 0 Å². The zero-order chi connectivity index (χ0) is 39.8. The van der Waals surface area contributed by atoms with E-state index in [4.69, 9.17) is 4.42 Å². The van der Waals surface area contributed by atoms with Gasteiger partial charge in [-0.05, 0) is 81.4 Å². The Labute approximate surface area is 347 Å². The second kappa shape index (κ2) is 13.3. The van der Waals surface area contributed by atoms with Crippen molar-refractivity contribution in [2.75, 3.05) is 0 Å². The van der Waals surface area contributed by atoms with Crippen molar-refractivity contribution in [2.45, 2.75) is 0 Å². The van der Waals surface area contributed by atoms with Gasteiger partial charge in [0.25, 0.3) is 0 Å². The quantitative estimate of drug-likeness (QED) is 0.125. The van der Waals surface area contributed by atoms with Crippen LogP contribution in [0.3, 0.4) is 0 Å². The second-order valence-corrected chi connectivity index (χ2v) is 19.3. The standard InChI is InChI=1S/C55H35N3OSi/c56-36-37-32-39(58-51-27-13-9-22-45(51)48-35-38(30-31-52(48)58)57-49-25-11-7-20-43(49)44-21-8-12-26-50(44)57)34-42(33-37)60(40-16-3-1-4-17-40,41-18-5-2-6-19-41)54-29-15-24-47-46-23-10-14-28-53(46)59-55(47)54/h1-35H. The summed E-state index contributed by atoms with van der Waals surface area (Å²) in [4.78, 5) is 0. The van der Waals surface area contributed by atoms with Crippen molar-refractivity contribution in [1.82, 2.24) is 9.13 Å². The number of nitrogens with zero attached hydrogens (tertiary/aromatic N) is 3. The van der Waals surface area contributed by atoms with Gasteiger partial charge in [0.1, 0.15) is 11.2 Å². The Morgan fingerprint density at radius 1 is 0.383 bits per heavy atom. The lowest BCUT2D eigenvalue weighted by Gasteiger charge is -2.34. The van der Waals surface area contributed by atoms with Gasteiger partial charge < -0.3 is 13.6 Å². The molecule has 60 heavy (non-hydrogen) atoms. The summed E-state index contributed by atoms with van der Waals surface area (Å²) in [7, 11) is -3.21. The predicted octanol–water partition coefficient (Wildman–Crippen LogP) is 11.0. The summed E-state index contributed by atoms with van der Waals surface area (Å²) in [6.45, 7) is 0. The first-order chi connectivity index (χ1) is 29.7. The molecule has 4 nitrogen and oxygen atoms in total. The van der Waals surface area contributed by atoms with Crippen LogP contribution in [0, 0.1) is 11.3 Å². The average Bonchev–Trinajstić information content (AvgIpc) is 3.98. The summed E-state index contributed by atoms with van der Waals surface area (Å²) >= 11 is 0. The van der Waals surface area contributed by atoms with Crippen molar-refractivity contribution in [1.29, 1.82) is 5.26 Å². The highest BCUT2D eigenvalue weighted by atomic mass is 28.3. The minimum atomic E-state index is -3.21. The maximum atomic E-state index is 10.9. The van der Waals surface area contributed by atoms with Gasteiger partial charge in [-0.2, -0.15) is 5.26 Å². The molecule has 0 aliphatic rings. The molecule has 0 radical (unpaired) electrons. The van der Waals surface area contributed by atoms with Crippen molar-refractivity contribution in [2.24, 2.45) is 0 Å². The van der Waals surface area contributed by atoms with E-state index >= 15 is 0 Å². The smallest absolute Gasteiger partial charge is 0.184 e. The van der Waals surface area contributed by atoms with Crippen LogP contribution in [0.1, 0.15) is 5.56 Å². The van der Waals surface area contributed by atoms with Crippen LogP contribution in [0.25, 0.3) is 76.9 Å². The first kappa shape index (κ1) is 34.2. The number of para-hydroxylation sites is 5. The molecule has 0 amide bonds. The highest BCUT2D eigenvalue weighted by Gasteiger charge is 2.44. The largest absolute Gasteiger partial charge is 0.456 e. The lowest BCUT2D eigenvalue weighted by molar-refractivity contribution is 0.671. The molecule has 12 aromatic rings. The Kier molecular flexibility index (Phi) is 7.58. The molecule has 0 aliphatic heterocycles. The molecule has 12 rings (SSSR count). The van der Waals surface area contributed by atoms with E-state index in [0.29, 0.717) is 5.56 Å². The topological polar surface area (TPSA) is 46.8 Å². The molecule has 0 bridgehead atoms. The molecule has 0 fully saturated rings. The molecule has 0 saturated heterocycles. The van der Waals surface area contributed by atoms with E-state index in [-0.39, 0.29) is 0 Å². The van der Waals surface area contributed by atoms with Gasteiger partial charge in [0, 0.05) is 43.7 Å².